The highest BCUT2D eigenvalue weighted by Crippen LogP contribution is 2.03. The molecule has 1 aliphatic rings. The van der Waals surface area contributed by atoms with Gasteiger partial charge in [0.25, 0.3) is 0 Å². The van der Waals surface area contributed by atoms with Gasteiger partial charge in [-0.25, -0.2) is 0 Å². The van der Waals surface area contributed by atoms with E-state index in [4.69, 9.17) is 0 Å². The molecule has 74 valence electrons. The van der Waals surface area contributed by atoms with Gasteiger partial charge < -0.3 is 4.90 Å². The van der Waals surface area contributed by atoms with Crippen LogP contribution in [0.3, 0.4) is 0 Å². The third kappa shape index (κ3) is 2.19. The second-order valence-electron chi connectivity index (χ2n) is 5.07. The standard InChI is InChI=1S/C11H19NO/c1-8-6-10(13)9(2)12(7-8)11(3,4)5/h6,9H,7H2,1-5H3/p+1. The molecule has 0 amide bonds. The SMILES string of the molecule is CC1=CC(=O)C(C)[NH+](C(C)(C)C)C1. The van der Waals surface area contributed by atoms with Gasteiger partial charge >= 0.3 is 0 Å². The summed E-state index contributed by atoms with van der Waals surface area (Å²) >= 11 is 0. The Kier molecular flexibility index (Phi) is 2.62. The topological polar surface area (TPSA) is 21.5 Å². The molecule has 0 aliphatic carbocycles. The maximum absolute atomic E-state index is 11.6. The molecule has 0 fully saturated rings. The number of carbonyl (C=O) groups is 1. The molecule has 2 heteroatoms. The largest absolute Gasteiger partial charge is 0.319 e. The lowest BCUT2D eigenvalue weighted by Gasteiger charge is -2.38. The average Bonchev–Trinajstić information content (AvgIpc) is 1.94. The van der Waals surface area contributed by atoms with Crippen molar-refractivity contribution in [3.63, 3.8) is 0 Å². The smallest absolute Gasteiger partial charge is 0.212 e. The van der Waals surface area contributed by atoms with E-state index in [-0.39, 0.29) is 17.4 Å². The molecule has 2 atom stereocenters. The first-order valence-electron chi connectivity index (χ1n) is 4.89. The first kappa shape index (κ1) is 10.5. The lowest BCUT2D eigenvalue weighted by Crippen LogP contribution is -3.23. The van der Waals surface area contributed by atoms with Gasteiger partial charge in [0.05, 0.1) is 12.1 Å². The van der Waals surface area contributed by atoms with Crippen LogP contribution in [0, 0.1) is 0 Å². The molecule has 0 radical (unpaired) electrons. The van der Waals surface area contributed by atoms with Gasteiger partial charge in [-0.15, -0.1) is 0 Å². The molecule has 1 heterocycles. The molecular formula is C11H20NO+. The van der Waals surface area contributed by atoms with Gasteiger partial charge in [0, 0.05) is 0 Å². The summed E-state index contributed by atoms with van der Waals surface area (Å²) in [6.45, 7) is 11.6. The molecule has 2 nitrogen and oxygen atoms in total. The van der Waals surface area contributed by atoms with E-state index in [0.717, 1.165) is 6.54 Å². The monoisotopic (exact) mass is 182 g/mol. The zero-order chi connectivity index (χ0) is 10.2. The van der Waals surface area contributed by atoms with Crippen LogP contribution >= 0.6 is 0 Å². The lowest BCUT2D eigenvalue weighted by atomic mass is 9.96. The summed E-state index contributed by atoms with van der Waals surface area (Å²) in [6, 6.07) is 0.115. The van der Waals surface area contributed by atoms with Crippen molar-refractivity contribution in [1.82, 2.24) is 0 Å². The number of hydrogen-bond acceptors (Lipinski definition) is 1. The Morgan fingerprint density at radius 3 is 2.46 bits per heavy atom. The first-order valence-corrected chi connectivity index (χ1v) is 4.89. The average molecular weight is 182 g/mol. The predicted molar refractivity (Wildman–Crippen MR) is 53.8 cm³/mol. The normalized spacial score (nSPS) is 30.2. The molecule has 0 bridgehead atoms. The van der Waals surface area contributed by atoms with E-state index < -0.39 is 0 Å². The van der Waals surface area contributed by atoms with Crippen LogP contribution in [0.5, 0.6) is 0 Å². The maximum Gasteiger partial charge on any atom is 0.212 e. The Bertz CT molecular complexity index is 247. The Morgan fingerprint density at radius 1 is 1.46 bits per heavy atom. The van der Waals surface area contributed by atoms with E-state index in [1.54, 1.807) is 6.08 Å². The maximum atomic E-state index is 11.6. The molecule has 1 rings (SSSR count). The fourth-order valence-corrected chi connectivity index (χ4v) is 1.96. The Balaban J connectivity index is 2.91. The van der Waals surface area contributed by atoms with Crippen molar-refractivity contribution in [3.8, 4) is 0 Å². The summed E-state index contributed by atoms with van der Waals surface area (Å²) in [7, 11) is 0. The van der Waals surface area contributed by atoms with Gasteiger partial charge in [0.1, 0.15) is 6.04 Å². The van der Waals surface area contributed by atoms with E-state index >= 15 is 0 Å². The van der Waals surface area contributed by atoms with Crippen LogP contribution in [-0.2, 0) is 4.79 Å². The summed E-state index contributed by atoms with van der Waals surface area (Å²) in [5.74, 6) is 0.272. The van der Waals surface area contributed by atoms with Crippen LogP contribution in [0.4, 0.5) is 0 Å². The number of rotatable bonds is 0. The van der Waals surface area contributed by atoms with Crippen molar-refractivity contribution in [3.05, 3.63) is 11.6 Å². The number of quaternary nitrogens is 1. The van der Waals surface area contributed by atoms with Gasteiger partial charge in [-0.2, -0.15) is 0 Å². The quantitative estimate of drug-likeness (QED) is 0.581. The van der Waals surface area contributed by atoms with Crippen LogP contribution < -0.4 is 4.90 Å². The number of ketones is 1. The Hall–Kier alpha value is -0.630. The fraction of sp³-hybridized carbons (Fsp3) is 0.727. The number of nitrogens with one attached hydrogen (secondary N) is 1. The van der Waals surface area contributed by atoms with Crippen molar-refractivity contribution in [2.24, 2.45) is 0 Å². The van der Waals surface area contributed by atoms with Crippen LogP contribution in [-0.4, -0.2) is 23.9 Å². The summed E-state index contributed by atoms with van der Waals surface area (Å²) in [5.41, 5.74) is 1.36. The van der Waals surface area contributed by atoms with Gasteiger partial charge in [-0.1, -0.05) is 0 Å². The molecule has 1 N–H and O–H groups in total. The summed E-state index contributed by atoms with van der Waals surface area (Å²) in [4.78, 5) is 12.9. The van der Waals surface area contributed by atoms with E-state index in [2.05, 4.69) is 20.8 Å². The third-order valence-electron chi connectivity index (χ3n) is 2.77. The Labute approximate surface area is 80.6 Å². The third-order valence-corrected chi connectivity index (χ3v) is 2.77. The molecule has 0 spiro atoms. The molecule has 0 aromatic carbocycles. The minimum Gasteiger partial charge on any atom is -0.319 e. The second kappa shape index (κ2) is 3.26. The van der Waals surface area contributed by atoms with Crippen LogP contribution in [0.25, 0.3) is 0 Å². The molecule has 0 saturated heterocycles. The van der Waals surface area contributed by atoms with Crippen LogP contribution in [0.2, 0.25) is 0 Å². The molecule has 0 saturated carbocycles. The number of hydrogen-bond donors (Lipinski definition) is 1. The summed E-state index contributed by atoms with van der Waals surface area (Å²) in [5, 5.41) is 0. The first-order chi connectivity index (χ1) is 5.82. The second-order valence-corrected chi connectivity index (χ2v) is 5.07. The van der Waals surface area contributed by atoms with Crippen molar-refractivity contribution < 1.29 is 9.69 Å². The van der Waals surface area contributed by atoms with E-state index in [1.165, 1.54) is 10.5 Å². The van der Waals surface area contributed by atoms with Gasteiger partial charge in [0.15, 0.2) is 0 Å². The zero-order valence-electron chi connectivity index (χ0n) is 9.27. The van der Waals surface area contributed by atoms with Crippen molar-refractivity contribution in [2.45, 2.75) is 46.2 Å². The van der Waals surface area contributed by atoms with Gasteiger partial charge in [-0.3, -0.25) is 4.79 Å². The highest BCUT2D eigenvalue weighted by Gasteiger charge is 2.36. The van der Waals surface area contributed by atoms with E-state index in [9.17, 15) is 4.79 Å². The van der Waals surface area contributed by atoms with Crippen LogP contribution in [0.1, 0.15) is 34.6 Å². The summed E-state index contributed by atoms with van der Waals surface area (Å²) in [6.07, 6.45) is 1.79. The highest BCUT2D eigenvalue weighted by atomic mass is 16.1. The molecule has 0 aromatic heterocycles. The van der Waals surface area contributed by atoms with Gasteiger partial charge in [-0.05, 0) is 46.3 Å². The molecular weight excluding hydrogens is 162 g/mol. The molecule has 1 aliphatic heterocycles. The lowest BCUT2D eigenvalue weighted by molar-refractivity contribution is -0.956. The van der Waals surface area contributed by atoms with E-state index in [1.807, 2.05) is 13.8 Å². The number of carbonyl (C=O) groups excluding carboxylic acids is 1. The Morgan fingerprint density at radius 2 is 2.00 bits per heavy atom. The predicted octanol–water partition coefficient (Wildman–Crippen LogP) is 0.587. The van der Waals surface area contributed by atoms with Crippen molar-refractivity contribution in [2.75, 3.05) is 6.54 Å². The fourth-order valence-electron chi connectivity index (χ4n) is 1.96. The molecule has 13 heavy (non-hydrogen) atoms. The molecule has 0 aromatic rings. The summed E-state index contributed by atoms with van der Waals surface area (Å²) < 4.78 is 0. The highest BCUT2D eigenvalue weighted by molar-refractivity contribution is 5.94. The van der Waals surface area contributed by atoms with Crippen molar-refractivity contribution >= 4 is 5.78 Å². The minimum atomic E-state index is 0.115. The minimum absolute atomic E-state index is 0.115. The van der Waals surface area contributed by atoms with Crippen molar-refractivity contribution in [1.29, 1.82) is 0 Å². The molecule has 2 unspecified atom stereocenters. The zero-order valence-corrected chi connectivity index (χ0v) is 9.27. The van der Waals surface area contributed by atoms with E-state index in [0.29, 0.717) is 0 Å². The van der Waals surface area contributed by atoms with Crippen LogP contribution in [0.15, 0.2) is 11.6 Å². The van der Waals surface area contributed by atoms with Gasteiger partial charge in [0.2, 0.25) is 5.78 Å².